The summed E-state index contributed by atoms with van der Waals surface area (Å²) >= 11 is 0. The Morgan fingerprint density at radius 2 is 1.72 bits per heavy atom. The summed E-state index contributed by atoms with van der Waals surface area (Å²) in [5, 5.41) is 0. The summed E-state index contributed by atoms with van der Waals surface area (Å²) in [4.78, 5) is 14.7. The third-order valence-corrected chi connectivity index (χ3v) is 7.37. The number of hydrogen-bond acceptors (Lipinski definition) is 4. The average Bonchev–Trinajstić information content (AvgIpc) is 3.49. The lowest BCUT2D eigenvalue weighted by Gasteiger charge is -2.21. The summed E-state index contributed by atoms with van der Waals surface area (Å²) in [5.74, 6) is -0.00640. The molecule has 0 aliphatic carbocycles. The molecule has 0 radical (unpaired) electrons. The van der Waals surface area contributed by atoms with Gasteiger partial charge in [-0.3, -0.25) is 9.52 Å². The van der Waals surface area contributed by atoms with Crippen molar-refractivity contribution < 1.29 is 17.9 Å². The largest absolute Gasteiger partial charge is 0.368 e. The Morgan fingerprint density at radius 1 is 0.969 bits per heavy atom. The molecule has 2 aliphatic heterocycles. The first-order chi connectivity index (χ1) is 15.5. The van der Waals surface area contributed by atoms with E-state index in [-0.39, 0.29) is 16.9 Å². The molecule has 164 valence electrons. The first-order valence-corrected chi connectivity index (χ1v) is 12.2. The Balaban J connectivity index is 1.32. The number of hydrogen-bond donors (Lipinski definition) is 1. The van der Waals surface area contributed by atoms with Crippen LogP contribution in [0.15, 0.2) is 77.7 Å². The van der Waals surface area contributed by atoms with Crippen LogP contribution < -0.4 is 9.62 Å². The number of nitrogens with one attached hydrogen (secondary N) is 1. The van der Waals surface area contributed by atoms with E-state index in [1.165, 1.54) is 0 Å². The number of benzene rings is 3. The van der Waals surface area contributed by atoms with E-state index in [9.17, 15) is 13.2 Å². The second-order valence-corrected chi connectivity index (χ2v) is 9.76. The zero-order valence-electron chi connectivity index (χ0n) is 17.5. The Morgan fingerprint density at radius 3 is 2.44 bits per heavy atom. The first kappa shape index (κ1) is 20.7. The van der Waals surface area contributed by atoms with Crippen molar-refractivity contribution in [2.24, 2.45) is 0 Å². The lowest BCUT2D eigenvalue weighted by molar-refractivity contribution is -0.127. The van der Waals surface area contributed by atoms with Gasteiger partial charge in [0, 0.05) is 24.5 Å². The van der Waals surface area contributed by atoms with E-state index in [2.05, 4.69) is 4.72 Å². The molecule has 1 unspecified atom stereocenters. The van der Waals surface area contributed by atoms with Crippen molar-refractivity contribution in [3.8, 4) is 11.1 Å². The van der Waals surface area contributed by atoms with Gasteiger partial charge in [-0.1, -0.05) is 42.5 Å². The Kier molecular flexibility index (Phi) is 5.45. The molecule has 1 N–H and O–H groups in total. The number of amides is 1. The molecule has 2 aliphatic rings. The number of ether oxygens (including phenoxy) is 1. The van der Waals surface area contributed by atoms with Crippen LogP contribution in [0.1, 0.15) is 18.4 Å². The van der Waals surface area contributed by atoms with E-state index in [4.69, 9.17) is 4.74 Å². The first-order valence-electron chi connectivity index (χ1n) is 10.8. The fourth-order valence-corrected chi connectivity index (χ4v) is 5.36. The van der Waals surface area contributed by atoms with Gasteiger partial charge < -0.3 is 9.64 Å². The van der Waals surface area contributed by atoms with Crippen molar-refractivity contribution in [3.05, 3.63) is 78.4 Å². The molecule has 0 aromatic heterocycles. The minimum absolute atomic E-state index is 0.00640. The summed E-state index contributed by atoms with van der Waals surface area (Å²) in [6.07, 6.45) is 1.99. The van der Waals surface area contributed by atoms with Crippen LogP contribution in [0.5, 0.6) is 0 Å². The van der Waals surface area contributed by atoms with E-state index < -0.39 is 10.0 Å². The summed E-state index contributed by atoms with van der Waals surface area (Å²) in [6.45, 7) is 1.22. The van der Waals surface area contributed by atoms with Crippen molar-refractivity contribution in [1.29, 1.82) is 0 Å². The number of anilines is 2. The molecule has 1 amide bonds. The molecule has 6 nitrogen and oxygen atoms in total. The highest BCUT2D eigenvalue weighted by atomic mass is 32.2. The van der Waals surface area contributed by atoms with Gasteiger partial charge in [0.05, 0.1) is 4.90 Å². The van der Waals surface area contributed by atoms with Crippen LogP contribution in [0.25, 0.3) is 11.1 Å². The fraction of sp³-hybridized carbons (Fsp3) is 0.240. The van der Waals surface area contributed by atoms with E-state index >= 15 is 0 Å². The maximum Gasteiger partial charge on any atom is 0.261 e. The standard InChI is InChI=1S/C25H24N2O4S/c28-25(24-7-4-16-31-24)27-15-14-20-17-21(10-13-23(20)27)26-32(29,30)22-11-8-19(9-12-22)18-5-2-1-3-6-18/h1-3,5-6,8-13,17,24,26H,4,7,14-16H2. The van der Waals surface area contributed by atoms with Crippen molar-refractivity contribution in [2.45, 2.75) is 30.3 Å². The molecule has 0 saturated carbocycles. The van der Waals surface area contributed by atoms with Gasteiger partial charge in [-0.25, -0.2) is 8.42 Å². The van der Waals surface area contributed by atoms with Crippen LogP contribution in [-0.2, 0) is 26.0 Å². The van der Waals surface area contributed by atoms with Gasteiger partial charge in [-0.15, -0.1) is 0 Å². The van der Waals surface area contributed by atoms with Gasteiger partial charge in [-0.2, -0.15) is 0 Å². The molecule has 32 heavy (non-hydrogen) atoms. The zero-order valence-corrected chi connectivity index (χ0v) is 18.3. The lowest BCUT2D eigenvalue weighted by atomic mass is 10.1. The van der Waals surface area contributed by atoms with E-state index in [1.54, 1.807) is 35.2 Å². The van der Waals surface area contributed by atoms with Crippen LogP contribution in [-0.4, -0.2) is 33.6 Å². The van der Waals surface area contributed by atoms with Crippen LogP contribution in [0.4, 0.5) is 11.4 Å². The monoisotopic (exact) mass is 448 g/mol. The number of carbonyl (C=O) groups is 1. The number of carbonyl (C=O) groups excluding carboxylic acids is 1. The molecule has 1 saturated heterocycles. The molecule has 0 bridgehead atoms. The van der Waals surface area contributed by atoms with E-state index in [0.29, 0.717) is 25.3 Å². The Bertz CT molecular complexity index is 1230. The molecule has 5 rings (SSSR count). The molecular formula is C25H24N2O4S. The third-order valence-electron chi connectivity index (χ3n) is 5.97. The lowest BCUT2D eigenvalue weighted by Crippen LogP contribution is -2.37. The van der Waals surface area contributed by atoms with Crippen molar-refractivity contribution in [3.63, 3.8) is 0 Å². The second kappa shape index (κ2) is 8.41. The smallest absolute Gasteiger partial charge is 0.261 e. The third kappa shape index (κ3) is 4.01. The molecule has 2 heterocycles. The molecule has 1 fully saturated rings. The van der Waals surface area contributed by atoms with Crippen LogP contribution in [0.2, 0.25) is 0 Å². The predicted octanol–water partition coefficient (Wildman–Crippen LogP) is 4.22. The van der Waals surface area contributed by atoms with Gasteiger partial charge in [0.25, 0.3) is 15.9 Å². The normalized spacial score (nSPS) is 17.9. The average molecular weight is 449 g/mol. The van der Waals surface area contributed by atoms with Crippen LogP contribution in [0.3, 0.4) is 0 Å². The highest BCUT2D eigenvalue weighted by molar-refractivity contribution is 7.92. The van der Waals surface area contributed by atoms with Crippen molar-refractivity contribution in [1.82, 2.24) is 0 Å². The van der Waals surface area contributed by atoms with Crippen molar-refractivity contribution >= 4 is 27.3 Å². The predicted molar refractivity (Wildman–Crippen MR) is 124 cm³/mol. The maximum absolute atomic E-state index is 12.9. The summed E-state index contributed by atoms with van der Waals surface area (Å²) in [6, 6.07) is 22.0. The van der Waals surface area contributed by atoms with Gasteiger partial charge in [-0.05, 0) is 66.3 Å². The zero-order chi connectivity index (χ0) is 22.1. The molecule has 1 atom stereocenters. The van der Waals surface area contributed by atoms with E-state index in [0.717, 1.165) is 35.2 Å². The summed E-state index contributed by atoms with van der Waals surface area (Å²) in [5.41, 5.74) is 4.27. The molecule has 0 spiro atoms. The van der Waals surface area contributed by atoms with Gasteiger partial charge in [0.2, 0.25) is 0 Å². The number of nitrogens with zero attached hydrogens (tertiary/aromatic N) is 1. The quantitative estimate of drug-likeness (QED) is 0.634. The molecule has 7 heteroatoms. The fourth-order valence-electron chi connectivity index (χ4n) is 4.31. The van der Waals surface area contributed by atoms with Crippen molar-refractivity contribution in [2.75, 3.05) is 22.8 Å². The molecule has 3 aromatic rings. The Hall–Kier alpha value is -3.16. The highest BCUT2D eigenvalue weighted by Gasteiger charge is 2.32. The van der Waals surface area contributed by atoms with Gasteiger partial charge >= 0.3 is 0 Å². The maximum atomic E-state index is 12.9. The number of rotatable bonds is 5. The molecule has 3 aromatic carbocycles. The van der Waals surface area contributed by atoms with Crippen LogP contribution in [0, 0.1) is 0 Å². The Labute approximate surface area is 187 Å². The summed E-state index contributed by atoms with van der Waals surface area (Å²) < 4.78 is 34.0. The van der Waals surface area contributed by atoms with Gasteiger partial charge in [0.15, 0.2) is 0 Å². The minimum Gasteiger partial charge on any atom is -0.368 e. The molecular weight excluding hydrogens is 424 g/mol. The SMILES string of the molecule is O=C(C1CCCO1)N1CCc2cc(NS(=O)(=O)c3ccc(-c4ccccc4)cc3)ccc21. The van der Waals surface area contributed by atoms with Gasteiger partial charge in [0.1, 0.15) is 6.10 Å². The minimum atomic E-state index is -3.72. The van der Waals surface area contributed by atoms with E-state index in [1.807, 2.05) is 42.5 Å². The second-order valence-electron chi connectivity index (χ2n) is 8.08. The highest BCUT2D eigenvalue weighted by Crippen LogP contribution is 2.33. The number of sulfonamides is 1. The van der Waals surface area contributed by atoms with Crippen LogP contribution >= 0.6 is 0 Å². The summed E-state index contributed by atoms with van der Waals surface area (Å²) in [7, 11) is -3.72. The number of fused-ring (bicyclic) bond motifs is 1. The topological polar surface area (TPSA) is 75.7 Å².